The Bertz CT molecular complexity index is 512. The van der Waals surface area contributed by atoms with E-state index in [9.17, 15) is 0 Å². The summed E-state index contributed by atoms with van der Waals surface area (Å²) in [7, 11) is 0. The summed E-state index contributed by atoms with van der Waals surface area (Å²) in [5.41, 5.74) is 0.983. The molecule has 1 aliphatic heterocycles. The lowest BCUT2D eigenvalue weighted by atomic mass is 10.2. The molecule has 1 aromatic rings. The molecule has 0 aromatic heterocycles. The number of quaternary nitrogens is 1. The molecule has 2 rings (SSSR count). The summed E-state index contributed by atoms with van der Waals surface area (Å²) < 4.78 is 6.25. The standard InChI is InChI=1S/C16H17ClNO/c1-2-9-18(11-13-19-14-12-18)10-3-4-15-5-7-16(17)8-6-15/h1,5-8H,9-14H2/q+1. The first-order valence-electron chi connectivity index (χ1n) is 6.35. The van der Waals surface area contributed by atoms with E-state index in [1.807, 2.05) is 24.3 Å². The summed E-state index contributed by atoms with van der Waals surface area (Å²) in [6.45, 7) is 4.92. The van der Waals surface area contributed by atoms with Crippen LogP contribution in [-0.2, 0) is 4.74 Å². The molecule has 0 radical (unpaired) electrons. The SMILES string of the molecule is C#CC[N+]1(CC#Cc2ccc(Cl)cc2)CCOCC1. The van der Waals surface area contributed by atoms with Gasteiger partial charge in [0.15, 0.2) is 0 Å². The largest absolute Gasteiger partial charge is 0.370 e. The lowest BCUT2D eigenvalue weighted by molar-refractivity contribution is -0.922. The number of ether oxygens (including phenoxy) is 1. The number of rotatable bonds is 2. The molecule has 0 amide bonds. The van der Waals surface area contributed by atoms with Gasteiger partial charge in [0.2, 0.25) is 0 Å². The van der Waals surface area contributed by atoms with Gasteiger partial charge in [-0.2, -0.15) is 0 Å². The average Bonchev–Trinajstić information content (AvgIpc) is 2.42. The molecule has 2 nitrogen and oxygen atoms in total. The van der Waals surface area contributed by atoms with Gasteiger partial charge in [0, 0.05) is 10.6 Å². The van der Waals surface area contributed by atoms with Crippen molar-refractivity contribution in [1.29, 1.82) is 0 Å². The zero-order valence-corrected chi connectivity index (χ0v) is 11.6. The summed E-state index contributed by atoms with van der Waals surface area (Å²) in [6, 6.07) is 7.57. The van der Waals surface area contributed by atoms with E-state index in [-0.39, 0.29) is 0 Å². The number of hydrogen-bond acceptors (Lipinski definition) is 1. The third-order valence-electron chi connectivity index (χ3n) is 3.34. The van der Waals surface area contributed by atoms with Crippen molar-refractivity contribution in [2.75, 3.05) is 39.4 Å². The second-order valence-electron chi connectivity index (χ2n) is 4.73. The zero-order chi connectivity index (χ0) is 13.6. The van der Waals surface area contributed by atoms with Gasteiger partial charge in [-0.25, -0.2) is 0 Å². The molecule has 0 bridgehead atoms. The quantitative estimate of drug-likeness (QED) is 0.593. The van der Waals surface area contributed by atoms with E-state index < -0.39 is 0 Å². The number of nitrogens with zero attached hydrogens (tertiary/aromatic N) is 1. The van der Waals surface area contributed by atoms with Crippen molar-refractivity contribution in [3.8, 4) is 24.2 Å². The first kappa shape index (κ1) is 14.0. The van der Waals surface area contributed by atoms with Gasteiger partial charge in [-0.15, -0.1) is 6.42 Å². The Kier molecular flexibility index (Phi) is 4.88. The highest BCUT2D eigenvalue weighted by atomic mass is 35.5. The molecule has 0 spiro atoms. The maximum atomic E-state index is 5.84. The molecule has 98 valence electrons. The third-order valence-corrected chi connectivity index (χ3v) is 3.59. The fourth-order valence-corrected chi connectivity index (χ4v) is 2.26. The van der Waals surface area contributed by atoms with Crippen LogP contribution >= 0.6 is 11.6 Å². The Morgan fingerprint density at radius 2 is 1.84 bits per heavy atom. The third kappa shape index (κ3) is 4.01. The predicted octanol–water partition coefficient (Wildman–Crippen LogP) is 2.17. The van der Waals surface area contributed by atoms with E-state index in [2.05, 4.69) is 17.8 Å². The van der Waals surface area contributed by atoms with Crippen LogP contribution in [0.1, 0.15) is 5.56 Å². The summed E-state index contributed by atoms with van der Waals surface area (Å²) in [5.74, 6) is 9.18. The maximum Gasteiger partial charge on any atom is 0.142 e. The van der Waals surface area contributed by atoms with Crippen molar-refractivity contribution in [2.24, 2.45) is 0 Å². The predicted molar refractivity (Wildman–Crippen MR) is 77.7 cm³/mol. The molecular weight excluding hydrogens is 258 g/mol. The fourth-order valence-electron chi connectivity index (χ4n) is 2.14. The second-order valence-corrected chi connectivity index (χ2v) is 5.17. The van der Waals surface area contributed by atoms with E-state index >= 15 is 0 Å². The molecule has 3 heteroatoms. The molecule has 1 aromatic carbocycles. The smallest absolute Gasteiger partial charge is 0.142 e. The van der Waals surface area contributed by atoms with Gasteiger partial charge in [0.25, 0.3) is 0 Å². The number of hydrogen-bond donors (Lipinski definition) is 0. The van der Waals surface area contributed by atoms with Crippen molar-refractivity contribution in [3.05, 3.63) is 34.9 Å². The van der Waals surface area contributed by atoms with Gasteiger partial charge < -0.3 is 4.74 Å². The number of morpholine rings is 1. The minimum Gasteiger partial charge on any atom is -0.370 e. The van der Waals surface area contributed by atoms with Gasteiger partial charge >= 0.3 is 0 Å². The lowest BCUT2D eigenvalue weighted by Gasteiger charge is -2.38. The van der Waals surface area contributed by atoms with E-state index in [1.54, 1.807) is 0 Å². The second kappa shape index (κ2) is 6.64. The molecule has 1 heterocycles. The van der Waals surface area contributed by atoms with Gasteiger partial charge in [0.1, 0.15) is 26.2 Å². The summed E-state index contributed by atoms with van der Waals surface area (Å²) in [6.07, 6.45) is 5.47. The highest BCUT2D eigenvalue weighted by Gasteiger charge is 2.28. The molecule has 1 fully saturated rings. The minimum atomic E-state index is 0.721. The van der Waals surface area contributed by atoms with E-state index in [0.717, 1.165) is 54.5 Å². The number of benzene rings is 1. The van der Waals surface area contributed by atoms with Crippen LogP contribution in [0.4, 0.5) is 0 Å². The Hall–Kier alpha value is -1.45. The van der Waals surface area contributed by atoms with Crippen LogP contribution < -0.4 is 0 Å². The van der Waals surface area contributed by atoms with Crippen LogP contribution in [0.25, 0.3) is 0 Å². The Morgan fingerprint density at radius 1 is 1.16 bits per heavy atom. The Morgan fingerprint density at radius 3 is 2.47 bits per heavy atom. The van der Waals surface area contributed by atoms with Crippen LogP contribution in [0.5, 0.6) is 0 Å². The number of terminal acetylenes is 1. The summed E-state index contributed by atoms with van der Waals surface area (Å²) >= 11 is 5.84. The molecule has 19 heavy (non-hydrogen) atoms. The molecule has 0 saturated carbocycles. The first-order valence-corrected chi connectivity index (χ1v) is 6.73. The molecule has 1 aliphatic rings. The minimum absolute atomic E-state index is 0.721. The van der Waals surface area contributed by atoms with Crippen LogP contribution in [-0.4, -0.2) is 43.9 Å². The molecule has 0 aliphatic carbocycles. The highest BCUT2D eigenvalue weighted by molar-refractivity contribution is 6.30. The molecule has 0 atom stereocenters. The first-order chi connectivity index (χ1) is 9.24. The van der Waals surface area contributed by atoms with E-state index in [0.29, 0.717) is 0 Å². The van der Waals surface area contributed by atoms with Crippen molar-refractivity contribution < 1.29 is 9.22 Å². The van der Waals surface area contributed by atoms with Crippen molar-refractivity contribution in [2.45, 2.75) is 0 Å². The number of halogens is 1. The van der Waals surface area contributed by atoms with Gasteiger partial charge in [-0.1, -0.05) is 17.5 Å². The highest BCUT2D eigenvalue weighted by Crippen LogP contribution is 2.11. The normalized spacial score (nSPS) is 17.1. The molecule has 1 saturated heterocycles. The molecular formula is C16H17ClNO+. The monoisotopic (exact) mass is 274 g/mol. The van der Waals surface area contributed by atoms with Crippen molar-refractivity contribution in [3.63, 3.8) is 0 Å². The molecule has 0 N–H and O–H groups in total. The van der Waals surface area contributed by atoms with E-state index in [4.69, 9.17) is 22.8 Å². The summed E-state index contributed by atoms with van der Waals surface area (Å²) in [4.78, 5) is 0. The van der Waals surface area contributed by atoms with Crippen LogP contribution in [0.3, 0.4) is 0 Å². The lowest BCUT2D eigenvalue weighted by Crippen LogP contribution is -2.55. The van der Waals surface area contributed by atoms with Crippen LogP contribution in [0.15, 0.2) is 24.3 Å². The maximum absolute atomic E-state index is 5.84. The van der Waals surface area contributed by atoms with Gasteiger partial charge in [0.05, 0.1) is 13.2 Å². The van der Waals surface area contributed by atoms with Crippen molar-refractivity contribution in [1.82, 2.24) is 0 Å². The van der Waals surface area contributed by atoms with Crippen molar-refractivity contribution >= 4 is 11.6 Å². The fraction of sp³-hybridized carbons (Fsp3) is 0.375. The topological polar surface area (TPSA) is 9.23 Å². The van der Waals surface area contributed by atoms with Gasteiger partial charge in [-0.3, -0.25) is 4.48 Å². The summed E-state index contributed by atoms with van der Waals surface area (Å²) in [5, 5.41) is 0.731. The van der Waals surface area contributed by atoms with Crippen LogP contribution in [0, 0.1) is 24.2 Å². The zero-order valence-electron chi connectivity index (χ0n) is 10.9. The van der Waals surface area contributed by atoms with Crippen LogP contribution in [0.2, 0.25) is 5.02 Å². The average molecular weight is 275 g/mol. The Labute approximate surface area is 119 Å². The molecule has 0 unspecified atom stereocenters. The van der Waals surface area contributed by atoms with Gasteiger partial charge in [-0.05, 0) is 36.1 Å². The van der Waals surface area contributed by atoms with E-state index in [1.165, 1.54) is 0 Å². The Balaban J connectivity index is 2.03.